The summed E-state index contributed by atoms with van der Waals surface area (Å²) in [5.74, 6) is -1.87. The molecule has 5 nitrogen and oxygen atoms in total. The number of fused-ring (bicyclic) bond motifs is 1. The van der Waals surface area contributed by atoms with Gasteiger partial charge in [-0.15, -0.1) is 0 Å². The van der Waals surface area contributed by atoms with Gasteiger partial charge in [-0.25, -0.2) is 14.2 Å². The number of aromatic nitrogens is 2. The van der Waals surface area contributed by atoms with Crippen LogP contribution in [-0.4, -0.2) is 26.2 Å². The number of carboxylic acid groups (broad SMARTS) is 1. The summed E-state index contributed by atoms with van der Waals surface area (Å²) in [4.78, 5) is 27.9. The number of Topliss-reactive ketones (excluding diaryl/α,β-unsaturated/α-hetero) is 1. The molecule has 1 N–H and O–H groups in total. The maximum Gasteiger partial charge on any atom is 0.335 e. The first-order valence-corrected chi connectivity index (χ1v) is 8.91. The van der Waals surface area contributed by atoms with Crippen molar-refractivity contribution in [1.29, 1.82) is 0 Å². The van der Waals surface area contributed by atoms with Gasteiger partial charge in [0.1, 0.15) is 17.2 Å². The van der Waals surface area contributed by atoms with Gasteiger partial charge in [0.2, 0.25) is 0 Å². The molecule has 0 bridgehead atoms. The number of aromatic carboxylic acids is 1. The molecule has 2 aromatic heterocycles. The van der Waals surface area contributed by atoms with E-state index in [-0.39, 0.29) is 23.3 Å². The minimum absolute atomic E-state index is 0.0238. The number of hydrogen-bond donors (Lipinski definition) is 1. The monoisotopic (exact) mass is 388 g/mol. The first-order chi connectivity index (χ1) is 12.8. The molecule has 0 amide bonds. The molecule has 0 unspecified atom stereocenters. The summed E-state index contributed by atoms with van der Waals surface area (Å²) >= 11 is 6.04. The third kappa shape index (κ3) is 3.71. The first kappa shape index (κ1) is 19.0. The lowest BCUT2D eigenvalue weighted by Gasteiger charge is -2.10. The standard InChI is InChI=1S/C20H18ClFN2O3/c1-3-4-14(25)10-16-19(23-17-9-13(21)5-6-24(16)17)18-11(2)7-12(20(26)27)8-15(18)22/h5-9H,3-4,10H2,1-2H3,(H,26,27). The number of hydrogen-bond acceptors (Lipinski definition) is 3. The number of halogens is 2. The predicted molar refractivity (Wildman–Crippen MR) is 101 cm³/mol. The van der Waals surface area contributed by atoms with Gasteiger partial charge in [-0.05, 0) is 37.1 Å². The summed E-state index contributed by atoms with van der Waals surface area (Å²) in [6.45, 7) is 3.54. The summed E-state index contributed by atoms with van der Waals surface area (Å²) in [5, 5.41) is 9.60. The highest BCUT2D eigenvalue weighted by Gasteiger charge is 2.22. The molecule has 140 valence electrons. The molecule has 0 saturated heterocycles. The maximum atomic E-state index is 14.8. The lowest BCUT2D eigenvalue weighted by molar-refractivity contribution is -0.118. The van der Waals surface area contributed by atoms with Crippen molar-refractivity contribution in [2.45, 2.75) is 33.1 Å². The lowest BCUT2D eigenvalue weighted by Crippen LogP contribution is -2.07. The molecule has 0 atom stereocenters. The number of ketones is 1. The van der Waals surface area contributed by atoms with Crippen LogP contribution in [0.2, 0.25) is 5.02 Å². The smallest absolute Gasteiger partial charge is 0.335 e. The van der Waals surface area contributed by atoms with Crippen LogP contribution in [0.4, 0.5) is 4.39 Å². The van der Waals surface area contributed by atoms with Crippen LogP contribution in [0.1, 0.15) is 41.4 Å². The third-order valence-corrected chi connectivity index (χ3v) is 4.59. The van der Waals surface area contributed by atoms with E-state index >= 15 is 0 Å². The Hall–Kier alpha value is -2.73. The largest absolute Gasteiger partial charge is 0.478 e. The van der Waals surface area contributed by atoms with Gasteiger partial charge in [0.05, 0.1) is 17.0 Å². The van der Waals surface area contributed by atoms with Gasteiger partial charge in [-0.2, -0.15) is 0 Å². The number of carboxylic acids is 1. The van der Waals surface area contributed by atoms with Gasteiger partial charge < -0.3 is 9.51 Å². The van der Waals surface area contributed by atoms with Gasteiger partial charge in [0, 0.05) is 35.7 Å². The van der Waals surface area contributed by atoms with Crippen molar-refractivity contribution in [2.75, 3.05) is 0 Å². The highest BCUT2D eigenvalue weighted by Crippen LogP contribution is 2.32. The fourth-order valence-corrected chi connectivity index (χ4v) is 3.32. The highest BCUT2D eigenvalue weighted by atomic mass is 35.5. The van der Waals surface area contributed by atoms with Crippen molar-refractivity contribution < 1.29 is 19.1 Å². The van der Waals surface area contributed by atoms with E-state index in [2.05, 4.69) is 4.98 Å². The molecule has 3 aromatic rings. The molecule has 0 saturated carbocycles. The van der Waals surface area contributed by atoms with Gasteiger partial charge in [-0.1, -0.05) is 18.5 Å². The Morgan fingerprint density at radius 2 is 2.04 bits per heavy atom. The quantitative estimate of drug-likeness (QED) is 0.663. The molecule has 1 aromatic carbocycles. The summed E-state index contributed by atoms with van der Waals surface area (Å²) < 4.78 is 16.5. The van der Waals surface area contributed by atoms with Crippen molar-refractivity contribution >= 4 is 29.0 Å². The fourth-order valence-electron chi connectivity index (χ4n) is 3.16. The number of rotatable bonds is 6. The van der Waals surface area contributed by atoms with E-state index in [1.54, 1.807) is 29.7 Å². The Labute approximate surface area is 160 Å². The van der Waals surface area contributed by atoms with E-state index in [0.717, 1.165) is 12.5 Å². The molecule has 0 aliphatic carbocycles. The van der Waals surface area contributed by atoms with Crippen LogP contribution in [0, 0.1) is 12.7 Å². The molecule has 2 heterocycles. The summed E-state index contributed by atoms with van der Waals surface area (Å²) in [6, 6.07) is 5.68. The van der Waals surface area contributed by atoms with E-state index in [9.17, 15) is 14.0 Å². The average Bonchev–Trinajstić information content (AvgIpc) is 2.91. The Kier molecular flexibility index (Phi) is 5.28. The molecule has 0 aliphatic heterocycles. The van der Waals surface area contributed by atoms with Crippen LogP contribution >= 0.6 is 11.6 Å². The first-order valence-electron chi connectivity index (χ1n) is 8.53. The van der Waals surface area contributed by atoms with E-state index in [0.29, 0.717) is 34.0 Å². The Balaban J connectivity index is 2.24. The zero-order valence-electron chi connectivity index (χ0n) is 14.9. The van der Waals surface area contributed by atoms with Gasteiger partial charge in [0.15, 0.2) is 0 Å². The number of imidazole rings is 1. The van der Waals surface area contributed by atoms with Crippen molar-refractivity contribution in [3.63, 3.8) is 0 Å². The molecule has 0 spiro atoms. The zero-order chi connectivity index (χ0) is 19.7. The van der Waals surface area contributed by atoms with E-state index < -0.39 is 11.8 Å². The van der Waals surface area contributed by atoms with Crippen molar-refractivity contribution in [3.8, 4) is 11.3 Å². The lowest BCUT2D eigenvalue weighted by atomic mass is 9.98. The number of carbonyl (C=O) groups is 2. The fraction of sp³-hybridized carbons (Fsp3) is 0.250. The molecule has 3 rings (SSSR count). The van der Waals surface area contributed by atoms with Gasteiger partial charge in [-0.3, -0.25) is 4.79 Å². The number of carbonyl (C=O) groups excluding carboxylic acids is 1. The second-order valence-electron chi connectivity index (χ2n) is 6.40. The minimum atomic E-state index is -1.20. The number of benzene rings is 1. The zero-order valence-corrected chi connectivity index (χ0v) is 15.7. The summed E-state index contributed by atoms with van der Waals surface area (Å²) in [6.07, 6.45) is 2.93. The third-order valence-electron chi connectivity index (χ3n) is 4.35. The van der Waals surface area contributed by atoms with Crippen molar-refractivity contribution in [1.82, 2.24) is 9.38 Å². The highest BCUT2D eigenvalue weighted by molar-refractivity contribution is 6.30. The summed E-state index contributed by atoms with van der Waals surface area (Å²) in [5.41, 5.74) is 1.88. The number of aryl methyl sites for hydroxylation is 1. The van der Waals surface area contributed by atoms with Crippen LogP contribution in [0.3, 0.4) is 0 Å². The van der Waals surface area contributed by atoms with Crippen molar-refractivity contribution in [2.24, 2.45) is 0 Å². The van der Waals surface area contributed by atoms with E-state index in [4.69, 9.17) is 16.7 Å². The van der Waals surface area contributed by atoms with Crippen LogP contribution in [0.15, 0.2) is 30.5 Å². The van der Waals surface area contributed by atoms with Crippen LogP contribution in [0.25, 0.3) is 16.9 Å². The summed E-state index contributed by atoms with van der Waals surface area (Å²) in [7, 11) is 0. The molecule has 0 aliphatic rings. The minimum Gasteiger partial charge on any atom is -0.478 e. The second kappa shape index (κ2) is 7.48. The normalized spacial score (nSPS) is 11.1. The Bertz CT molecular complexity index is 1040. The molecule has 0 radical (unpaired) electrons. The Morgan fingerprint density at radius 3 is 2.67 bits per heavy atom. The topological polar surface area (TPSA) is 71.7 Å². The van der Waals surface area contributed by atoms with Crippen molar-refractivity contribution in [3.05, 3.63) is 58.1 Å². The number of pyridine rings is 1. The van der Waals surface area contributed by atoms with Crippen LogP contribution in [0.5, 0.6) is 0 Å². The SMILES string of the molecule is CCCC(=O)Cc1c(-c2c(C)cc(C(=O)O)cc2F)nc2cc(Cl)ccn12. The second-order valence-corrected chi connectivity index (χ2v) is 6.84. The molecule has 27 heavy (non-hydrogen) atoms. The molecule has 0 fully saturated rings. The van der Waals surface area contributed by atoms with Crippen LogP contribution < -0.4 is 0 Å². The molecular weight excluding hydrogens is 371 g/mol. The number of nitrogens with zero attached hydrogens (tertiary/aromatic N) is 2. The predicted octanol–water partition coefficient (Wildman–Crippen LogP) is 4.71. The average molecular weight is 389 g/mol. The van der Waals surface area contributed by atoms with Gasteiger partial charge >= 0.3 is 5.97 Å². The maximum absolute atomic E-state index is 14.8. The molecule has 7 heteroatoms. The van der Waals surface area contributed by atoms with Crippen LogP contribution in [-0.2, 0) is 11.2 Å². The van der Waals surface area contributed by atoms with E-state index in [1.165, 1.54) is 6.07 Å². The Morgan fingerprint density at radius 1 is 1.30 bits per heavy atom. The van der Waals surface area contributed by atoms with Gasteiger partial charge in [0.25, 0.3) is 0 Å². The van der Waals surface area contributed by atoms with E-state index in [1.807, 2.05) is 6.92 Å². The molecular formula is C20H18ClFN2O3.